The summed E-state index contributed by atoms with van der Waals surface area (Å²) in [5.74, 6) is -0.222. The Bertz CT molecular complexity index is 890. The quantitative estimate of drug-likeness (QED) is 0.689. The first-order chi connectivity index (χ1) is 13.6. The highest BCUT2D eigenvalue weighted by atomic mass is 19.1. The second-order valence-corrected chi connectivity index (χ2v) is 6.09. The van der Waals surface area contributed by atoms with Crippen molar-refractivity contribution in [3.05, 3.63) is 36.3 Å². The first-order valence-corrected chi connectivity index (χ1v) is 8.47. The smallest absolute Gasteiger partial charge is 0.414 e. The van der Waals surface area contributed by atoms with Gasteiger partial charge in [-0.05, 0) is 23.4 Å². The summed E-state index contributed by atoms with van der Waals surface area (Å²) in [6, 6.07) is 5.98. The van der Waals surface area contributed by atoms with E-state index in [9.17, 15) is 14.0 Å². The van der Waals surface area contributed by atoms with Crippen molar-refractivity contribution in [2.75, 3.05) is 36.0 Å². The van der Waals surface area contributed by atoms with Crippen molar-refractivity contribution in [3.8, 4) is 5.88 Å². The number of anilines is 2. The number of amides is 2. The van der Waals surface area contributed by atoms with Gasteiger partial charge in [0, 0.05) is 12.6 Å². The number of rotatable bonds is 6. The topological polar surface area (TPSA) is 101 Å². The predicted octanol–water partition coefficient (Wildman–Crippen LogP) is 1.44. The number of aromatic nitrogens is 1. The van der Waals surface area contributed by atoms with Crippen LogP contribution in [0, 0.1) is 5.82 Å². The number of hydrogen-bond acceptors (Lipinski definition) is 8. The highest BCUT2D eigenvalue weighted by molar-refractivity contribution is 5.90. The molecule has 0 radical (unpaired) electrons. The highest BCUT2D eigenvalue weighted by Gasteiger charge is 2.33. The average molecular weight is 389 g/mol. The number of benzene rings is 1. The van der Waals surface area contributed by atoms with E-state index in [2.05, 4.69) is 14.8 Å². The molecule has 1 aromatic carbocycles. The lowest BCUT2D eigenvalue weighted by Gasteiger charge is -2.27. The van der Waals surface area contributed by atoms with E-state index in [0.29, 0.717) is 36.8 Å². The van der Waals surface area contributed by atoms with Crippen LogP contribution in [0.3, 0.4) is 0 Å². The molecule has 0 spiro atoms. The number of hydrazone groups is 1. The van der Waals surface area contributed by atoms with Gasteiger partial charge in [0.2, 0.25) is 6.41 Å². The van der Waals surface area contributed by atoms with Crippen LogP contribution in [-0.2, 0) is 9.53 Å². The van der Waals surface area contributed by atoms with Gasteiger partial charge in [-0.15, -0.1) is 0 Å². The number of nitrogens with zero attached hydrogens (tertiary/aromatic N) is 5. The van der Waals surface area contributed by atoms with Gasteiger partial charge in [0.25, 0.3) is 5.88 Å². The Hall–Kier alpha value is -3.63. The third kappa shape index (κ3) is 3.59. The molecule has 28 heavy (non-hydrogen) atoms. The molecule has 0 aliphatic carbocycles. The molecule has 1 fully saturated rings. The molecule has 0 unspecified atom stereocenters. The van der Waals surface area contributed by atoms with Gasteiger partial charge in [-0.1, -0.05) is 0 Å². The van der Waals surface area contributed by atoms with Gasteiger partial charge >= 0.3 is 6.09 Å². The van der Waals surface area contributed by atoms with Gasteiger partial charge in [0.15, 0.2) is 6.10 Å². The molecule has 11 heteroatoms. The van der Waals surface area contributed by atoms with E-state index >= 15 is 0 Å². The maximum atomic E-state index is 14.6. The molecule has 0 saturated carbocycles. The molecule has 146 valence electrons. The number of halogens is 1. The van der Waals surface area contributed by atoms with Gasteiger partial charge in [-0.25, -0.2) is 14.2 Å². The number of carbonyl (C=O) groups is 2. The molecular formula is C17H16FN5O5. The Morgan fingerprint density at radius 3 is 2.89 bits per heavy atom. The van der Waals surface area contributed by atoms with Crippen LogP contribution in [-0.4, -0.2) is 61.4 Å². The Morgan fingerprint density at radius 2 is 2.21 bits per heavy atom. The fraction of sp³-hybridized carbons (Fsp3) is 0.294. The van der Waals surface area contributed by atoms with E-state index in [1.54, 1.807) is 23.1 Å². The molecule has 0 bridgehead atoms. The van der Waals surface area contributed by atoms with Gasteiger partial charge in [-0.2, -0.15) is 5.10 Å². The van der Waals surface area contributed by atoms with E-state index in [0.717, 1.165) is 0 Å². The molecule has 10 nitrogen and oxygen atoms in total. The summed E-state index contributed by atoms with van der Waals surface area (Å²) in [5.41, 5.74) is 0.676. The summed E-state index contributed by atoms with van der Waals surface area (Å²) >= 11 is 0. The number of cyclic esters (lactones) is 1. The van der Waals surface area contributed by atoms with Crippen molar-refractivity contribution < 1.29 is 28.0 Å². The molecule has 2 aromatic rings. The normalized spacial score (nSPS) is 19.1. The summed E-state index contributed by atoms with van der Waals surface area (Å²) in [6.45, 7) is 1.08. The van der Waals surface area contributed by atoms with Gasteiger partial charge < -0.3 is 18.9 Å². The predicted molar refractivity (Wildman–Crippen MR) is 94.6 cm³/mol. The molecule has 1 saturated heterocycles. The number of carbonyl (C=O) groups excluding carboxylic acids is 2. The summed E-state index contributed by atoms with van der Waals surface area (Å²) in [6.07, 6.45) is 2.26. The fourth-order valence-electron chi connectivity index (χ4n) is 2.89. The maximum absolute atomic E-state index is 14.6. The van der Waals surface area contributed by atoms with Gasteiger partial charge in [0.05, 0.1) is 24.5 Å². The lowest BCUT2D eigenvalue weighted by atomic mass is 10.2. The number of hydrogen-bond donors (Lipinski definition) is 0. The minimum atomic E-state index is -0.581. The van der Waals surface area contributed by atoms with Gasteiger partial charge in [-0.3, -0.25) is 9.69 Å². The second kappa shape index (κ2) is 7.55. The van der Waals surface area contributed by atoms with E-state index in [1.165, 1.54) is 28.6 Å². The van der Waals surface area contributed by atoms with Crippen molar-refractivity contribution in [3.63, 3.8) is 0 Å². The molecule has 0 N–H and O–H groups in total. The summed E-state index contributed by atoms with van der Waals surface area (Å²) in [7, 11) is 0. The average Bonchev–Trinajstić information content (AvgIpc) is 3.36. The van der Waals surface area contributed by atoms with Crippen LogP contribution in [0.5, 0.6) is 5.88 Å². The molecule has 1 atom stereocenters. The first kappa shape index (κ1) is 17.8. The van der Waals surface area contributed by atoms with Gasteiger partial charge in [0.1, 0.15) is 25.0 Å². The minimum absolute atomic E-state index is 0.104. The summed E-state index contributed by atoms with van der Waals surface area (Å²) in [5, 5.41) is 8.74. The zero-order chi connectivity index (χ0) is 19.5. The molecule has 2 amide bonds. The summed E-state index contributed by atoms with van der Waals surface area (Å²) < 4.78 is 29.9. The molecule has 4 rings (SSSR count). The molecule has 3 heterocycles. The van der Waals surface area contributed by atoms with Crippen molar-refractivity contribution in [1.29, 1.82) is 0 Å². The van der Waals surface area contributed by atoms with Crippen LogP contribution in [0.15, 0.2) is 40.2 Å². The molecule has 2 aliphatic heterocycles. The van der Waals surface area contributed by atoms with E-state index in [4.69, 9.17) is 9.47 Å². The van der Waals surface area contributed by atoms with Crippen LogP contribution in [0.1, 0.15) is 0 Å². The summed E-state index contributed by atoms with van der Waals surface area (Å²) in [4.78, 5) is 25.7. The van der Waals surface area contributed by atoms with Crippen LogP contribution < -0.4 is 14.5 Å². The second-order valence-electron chi connectivity index (χ2n) is 6.09. The van der Waals surface area contributed by atoms with E-state index in [-0.39, 0.29) is 13.2 Å². The third-order valence-corrected chi connectivity index (χ3v) is 4.29. The molecule has 1 aromatic heterocycles. The van der Waals surface area contributed by atoms with E-state index in [1.807, 2.05) is 0 Å². The van der Waals surface area contributed by atoms with Crippen molar-refractivity contribution in [2.45, 2.75) is 6.10 Å². The Morgan fingerprint density at radius 1 is 1.32 bits per heavy atom. The first-order valence-electron chi connectivity index (χ1n) is 8.47. The highest BCUT2D eigenvalue weighted by Crippen LogP contribution is 2.28. The number of ether oxygens (including phenoxy) is 2. The lowest BCUT2D eigenvalue weighted by Crippen LogP contribution is -2.37. The van der Waals surface area contributed by atoms with Crippen molar-refractivity contribution in [1.82, 2.24) is 10.2 Å². The van der Waals surface area contributed by atoms with Crippen molar-refractivity contribution >= 4 is 30.2 Å². The Labute approximate surface area is 158 Å². The van der Waals surface area contributed by atoms with Crippen LogP contribution in [0.25, 0.3) is 0 Å². The van der Waals surface area contributed by atoms with E-state index < -0.39 is 18.0 Å². The molecular weight excluding hydrogens is 373 g/mol. The Kier molecular flexibility index (Phi) is 4.79. The molecule has 2 aliphatic rings. The van der Waals surface area contributed by atoms with Crippen LogP contribution in [0.2, 0.25) is 0 Å². The van der Waals surface area contributed by atoms with Crippen LogP contribution >= 0.6 is 0 Å². The Balaban J connectivity index is 1.42. The third-order valence-electron chi connectivity index (χ3n) is 4.29. The fourth-order valence-corrected chi connectivity index (χ4v) is 2.89. The lowest BCUT2D eigenvalue weighted by molar-refractivity contribution is -0.118. The largest absolute Gasteiger partial charge is 0.471 e. The maximum Gasteiger partial charge on any atom is 0.414 e. The zero-order valence-electron chi connectivity index (χ0n) is 14.6. The van der Waals surface area contributed by atoms with Crippen molar-refractivity contribution in [2.24, 2.45) is 5.10 Å². The monoisotopic (exact) mass is 389 g/mol. The SMILES string of the molecule is O=CN1CCN(c2ccc(N3C[C@H](COc4ccon4)OC3=O)cc2F)C=N1. The standard InChI is InChI=1S/C17H16FN5O5/c18-14-7-12(1-2-15(14)21-4-5-22(11-24)19-10-21)23-8-13(28-17(23)25)9-26-16-3-6-27-20-16/h1-3,6-7,10-11,13H,4-5,8-9H2/t13-/m1/s1. The minimum Gasteiger partial charge on any atom is -0.471 e. The zero-order valence-corrected chi connectivity index (χ0v) is 14.6. The van der Waals surface area contributed by atoms with Crippen LogP contribution in [0.4, 0.5) is 20.6 Å².